The molecular formula is C11H17N3O. The van der Waals surface area contributed by atoms with Crippen molar-refractivity contribution in [3.8, 4) is 0 Å². The van der Waals surface area contributed by atoms with E-state index in [0.29, 0.717) is 19.6 Å². The number of rotatable bonds is 4. The van der Waals surface area contributed by atoms with Gasteiger partial charge in [0.05, 0.1) is 6.54 Å². The van der Waals surface area contributed by atoms with Crippen molar-refractivity contribution in [1.82, 2.24) is 10.2 Å². The van der Waals surface area contributed by atoms with Crippen LogP contribution in [-0.2, 0) is 4.79 Å². The maximum absolute atomic E-state index is 11.1. The van der Waals surface area contributed by atoms with E-state index in [-0.39, 0.29) is 5.91 Å². The molecule has 0 aliphatic carbocycles. The summed E-state index contributed by atoms with van der Waals surface area (Å²) in [5.41, 5.74) is 1.65. The molecule has 15 heavy (non-hydrogen) atoms. The third-order valence-electron chi connectivity index (χ3n) is 2.01. The highest BCUT2D eigenvalue weighted by atomic mass is 16.2. The van der Waals surface area contributed by atoms with Crippen LogP contribution in [0.3, 0.4) is 0 Å². The second-order valence-electron chi connectivity index (χ2n) is 3.71. The van der Waals surface area contributed by atoms with Gasteiger partial charge in [-0.2, -0.15) is 0 Å². The summed E-state index contributed by atoms with van der Waals surface area (Å²) >= 11 is 0. The zero-order chi connectivity index (χ0) is 11.3. The number of aliphatic imine (C=N–C) groups is 1. The number of hydrogen-bond acceptors (Lipinski definition) is 3. The third kappa shape index (κ3) is 4.56. The molecule has 4 nitrogen and oxygen atoms in total. The Balaban J connectivity index is 2.37. The fourth-order valence-electron chi connectivity index (χ4n) is 1.36. The normalized spacial score (nSPS) is 17.8. The van der Waals surface area contributed by atoms with Gasteiger partial charge in [0.2, 0.25) is 5.91 Å². The van der Waals surface area contributed by atoms with Crippen LogP contribution in [0.1, 0.15) is 6.92 Å². The second kappa shape index (κ2) is 5.46. The summed E-state index contributed by atoms with van der Waals surface area (Å²) in [6.07, 6.45) is 1.70. The van der Waals surface area contributed by atoms with E-state index in [9.17, 15) is 4.79 Å². The Morgan fingerprint density at radius 1 is 1.67 bits per heavy atom. The van der Waals surface area contributed by atoms with Gasteiger partial charge in [-0.25, -0.2) is 0 Å². The zero-order valence-corrected chi connectivity index (χ0v) is 9.12. The van der Waals surface area contributed by atoms with Gasteiger partial charge < -0.3 is 5.32 Å². The summed E-state index contributed by atoms with van der Waals surface area (Å²) in [6.45, 7) is 12.1. The summed E-state index contributed by atoms with van der Waals surface area (Å²) in [6, 6.07) is 0. The fourth-order valence-corrected chi connectivity index (χ4v) is 1.36. The van der Waals surface area contributed by atoms with E-state index in [1.54, 1.807) is 6.21 Å². The van der Waals surface area contributed by atoms with E-state index in [1.165, 1.54) is 0 Å². The van der Waals surface area contributed by atoms with Crippen molar-refractivity contribution in [2.24, 2.45) is 4.99 Å². The van der Waals surface area contributed by atoms with Crippen LogP contribution in [-0.4, -0.2) is 43.2 Å². The SMILES string of the molecule is C=C(C=NC(=C)C)CN1CCNC(=O)C1. The molecule has 1 fully saturated rings. The van der Waals surface area contributed by atoms with Crippen LogP contribution in [0.5, 0.6) is 0 Å². The first-order chi connectivity index (χ1) is 7.08. The Hall–Kier alpha value is -1.42. The molecule has 1 saturated heterocycles. The van der Waals surface area contributed by atoms with Gasteiger partial charge in [-0.3, -0.25) is 14.7 Å². The Bertz CT molecular complexity index is 307. The van der Waals surface area contributed by atoms with Gasteiger partial charge in [0.1, 0.15) is 0 Å². The molecule has 0 aromatic carbocycles. The van der Waals surface area contributed by atoms with Crippen LogP contribution in [0.25, 0.3) is 0 Å². The molecule has 0 radical (unpaired) electrons. The number of carbonyl (C=O) groups is 1. The first-order valence-corrected chi connectivity index (χ1v) is 4.94. The second-order valence-corrected chi connectivity index (χ2v) is 3.71. The number of amides is 1. The predicted octanol–water partition coefficient (Wildman–Crippen LogP) is 0.579. The van der Waals surface area contributed by atoms with Gasteiger partial charge in [0.15, 0.2) is 0 Å². The largest absolute Gasteiger partial charge is 0.354 e. The molecule has 4 heteroatoms. The Labute approximate surface area is 90.4 Å². The number of nitrogens with zero attached hydrogens (tertiary/aromatic N) is 2. The van der Waals surface area contributed by atoms with Gasteiger partial charge in [0, 0.05) is 31.5 Å². The molecule has 1 heterocycles. The average molecular weight is 207 g/mol. The summed E-state index contributed by atoms with van der Waals surface area (Å²) in [7, 11) is 0. The smallest absolute Gasteiger partial charge is 0.234 e. The van der Waals surface area contributed by atoms with Crippen molar-refractivity contribution >= 4 is 12.1 Å². The fraction of sp³-hybridized carbons (Fsp3) is 0.455. The topological polar surface area (TPSA) is 44.7 Å². The molecule has 82 valence electrons. The lowest BCUT2D eigenvalue weighted by molar-refractivity contribution is -0.123. The lowest BCUT2D eigenvalue weighted by atomic mass is 10.2. The quantitative estimate of drug-likeness (QED) is 0.685. The van der Waals surface area contributed by atoms with E-state index in [0.717, 1.165) is 17.8 Å². The number of hydrogen-bond donors (Lipinski definition) is 1. The van der Waals surface area contributed by atoms with Crippen LogP contribution < -0.4 is 5.32 Å². The third-order valence-corrected chi connectivity index (χ3v) is 2.01. The molecule has 1 aliphatic rings. The number of allylic oxidation sites excluding steroid dienone is 1. The van der Waals surface area contributed by atoms with Gasteiger partial charge >= 0.3 is 0 Å². The molecule has 0 atom stereocenters. The lowest BCUT2D eigenvalue weighted by Gasteiger charge is -2.26. The first-order valence-electron chi connectivity index (χ1n) is 4.94. The van der Waals surface area contributed by atoms with Crippen molar-refractivity contribution < 1.29 is 4.79 Å². The molecule has 0 bridgehead atoms. The molecule has 1 aliphatic heterocycles. The van der Waals surface area contributed by atoms with E-state index in [4.69, 9.17) is 0 Å². The van der Waals surface area contributed by atoms with Crippen molar-refractivity contribution in [2.45, 2.75) is 6.92 Å². The van der Waals surface area contributed by atoms with Gasteiger partial charge in [0.25, 0.3) is 0 Å². The highest BCUT2D eigenvalue weighted by Gasteiger charge is 2.15. The molecule has 0 spiro atoms. The summed E-state index contributed by atoms with van der Waals surface area (Å²) < 4.78 is 0. The van der Waals surface area contributed by atoms with Crippen LogP contribution in [0, 0.1) is 0 Å². The maximum atomic E-state index is 11.1. The molecule has 0 aromatic heterocycles. The Kier molecular flexibility index (Phi) is 4.24. The Morgan fingerprint density at radius 2 is 2.40 bits per heavy atom. The minimum atomic E-state index is 0.0749. The molecule has 1 N–H and O–H groups in total. The van der Waals surface area contributed by atoms with Crippen LogP contribution in [0.4, 0.5) is 0 Å². The molecule has 0 saturated carbocycles. The maximum Gasteiger partial charge on any atom is 0.234 e. The zero-order valence-electron chi connectivity index (χ0n) is 9.12. The van der Waals surface area contributed by atoms with E-state index in [2.05, 4.69) is 23.5 Å². The van der Waals surface area contributed by atoms with E-state index in [1.807, 2.05) is 11.8 Å². The monoisotopic (exact) mass is 207 g/mol. The van der Waals surface area contributed by atoms with Crippen LogP contribution in [0.2, 0.25) is 0 Å². The van der Waals surface area contributed by atoms with E-state index < -0.39 is 0 Å². The van der Waals surface area contributed by atoms with Crippen LogP contribution in [0.15, 0.2) is 29.4 Å². The molecule has 1 rings (SSSR count). The van der Waals surface area contributed by atoms with Crippen LogP contribution >= 0.6 is 0 Å². The molecule has 0 unspecified atom stereocenters. The predicted molar refractivity (Wildman–Crippen MR) is 61.9 cm³/mol. The minimum Gasteiger partial charge on any atom is -0.354 e. The molecule has 0 aromatic rings. The van der Waals surface area contributed by atoms with Gasteiger partial charge in [-0.1, -0.05) is 13.2 Å². The number of piperazine rings is 1. The summed E-state index contributed by atoms with van der Waals surface area (Å²) in [5.74, 6) is 0.0749. The lowest BCUT2D eigenvalue weighted by Crippen LogP contribution is -2.48. The van der Waals surface area contributed by atoms with E-state index >= 15 is 0 Å². The highest BCUT2D eigenvalue weighted by molar-refractivity contribution is 5.80. The van der Waals surface area contributed by atoms with Crippen molar-refractivity contribution in [3.63, 3.8) is 0 Å². The number of nitrogens with one attached hydrogen (secondary N) is 1. The number of carbonyl (C=O) groups excluding carboxylic acids is 1. The van der Waals surface area contributed by atoms with Gasteiger partial charge in [-0.05, 0) is 12.5 Å². The first kappa shape index (κ1) is 11.7. The Morgan fingerprint density at radius 3 is 3.00 bits per heavy atom. The van der Waals surface area contributed by atoms with Crippen molar-refractivity contribution in [3.05, 3.63) is 24.4 Å². The molecule has 1 amide bonds. The average Bonchev–Trinajstić information content (AvgIpc) is 2.15. The van der Waals surface area contributed by atoms with Crippen molar-refractivity contribution in [1.29, 1.82) is 0 Å². The van der Waals surface area contributed by atoms with Crippen molar-refractivity contribution in [2.75, 3.05) is 26.2 Å². The highest BCUT2D eigenvalue weighted by Crippen LogP contribution is 1.99. The standard InChI is InChI=1S/C11H17N3O/c1-9(2)13-6-10(3)7-14-5-4-12-11(15)8-14/h6H,1,3-5,7-8H2,2H3,(H,12,15). The summed E-state index contributed by atoms with van der Waals surface area (Å²) in [4.78, 5) is 17.2. The molecular weight excluding hydrogens is 190 g/mol. The van der Waals surface area contributed by atoms with Gasteiger partial charge in [-0.15, -0.1) is 0 Å². The summed E-state index contributed by atoms with van der Waals surface area (Å²) in [5, 5.41) is 2.78. The minimum absolute atomic E-state index is 0.0749.